The van der Waals surface area contributed by atoms with E-state index in [9.17, 15) is 32.9 Å². The molecule has 1 unspecified atom stereocenters. The van der Waals surface area contributed by atoms with Gasteiger partial charge in [0.05, 0.1) is 16.2 Å². The fraction of sp³-hybridized carbons (Fsp3) is 0.300. The molecule has 1 aliphatic rings. The van der Waals surface area contributed by atoms with Crippen molar-refractivity contribution in [2.45, 2.75) is 25.9 Å². The fourth-order valence-corrected chi connectivity index (χ4v) is 3.16. The van der Waals surface area contributed by atoms with Crippen LogP contribution in [0.3, 0.4) is 0 Å². The Morgan fingerprint density at radius 2 is 1.81 bits per heavy atom. The number of rotatable bonds is 6. The summed E-state index contributed by atoms with van der Waals surface area (Å²) < 4.78 is 44.9. The number of anilines is 2. The number of benzene rings is 2. The minimum Gasteiger partial charge on any atom is -0.449 e. The summed E-state index contributed by atoms with van der Waals surface area (Å²) >= 11 is 0. The predicted molar refractivity (Wildman–Crippen MR) is 104 cm³/mol. The van der Waals surface area contributed by atoms with Gasteiger partial charge in [0.25, 0.3) is 11.6 Å². The molecule has 164 valence electrons. The van der Waals surface area contributed by atoms with Crippen molar-refractivity contribution in [2.24, 2.45) is 0 Å². The van der Waals surface area contributed by atoms with Gasteiger partial charge in [-0.3, -0.25) is 14.9 Å². The number of nitrogens with one attached hydrogen (secondary N) is 1. The van der Waals surface area contributed by atoms with Gasteiger partial charge in [-0.1, -0.05) is 0 Å². The number of carbonyl (C=O) groups excluding carboxylic acids is 2. The highest BCUT2D eigenvalue weighted by Gasteiger charge is 2.26. The van der Waals surface area contributed by atoms with Crippen molar-refractivity contribution in [1.82, 2.24) is 0 Å². The van der Waals surface area contributed by atoms with E-state index < -0.39 is 46.0 Å². The highest BCUT2D eigenvalue weighted by atomic mass is 19.2. The van der Waals surface area contributed by atoms with Crippen LogP contribution in [-0.4, -0.2) is 36.0 Å². The molecule has 1 N–H and O–H groups in total. The predicted octanol–water partition coefficient (Wildman–Crippen LogP) is 3.80. The van der Waals surface area contributed by atoms with E-state index in [-0.39, 0.29) is 11.3 Å². The Kier molecular flexibility index (Phi) is 6.42. The Morgan fingerprint density at radius 1 is 1.13 bits per heavy atom. The second kappa shape index (κ2) is 9.02. The summed E-state index contributed by atoms with van der Waals surface area (Å²) in [6.07, 6.45) is 0.371. The summed E-state index contributed by atoms with van der Waals surface area (Å²) in [6.45, 7) is 2.52. The third-order valence-corrected chi connectivity index (χ3v) is 4.80. The standard InChI is InChI=1S/C20H18F3N3O5/c1-11(19(27)24-14-6-5-13(21)17(22)18(14)23)31-20(28)12-4-7-15(16(10-12)26(29)30)25-8-2-3-9-25/h4-7,10-11H,2-3,8-9H2,1H3,(H,24,27). The van der Waals surface area contributed by atoms with Crippen molar-refractivity contribution in [1.29, 1.82) is 0 Å². The molecule has 8 nitrogen and oxygen atoms in total. The maximum atomic E-state index is 13.7. The molecule has 2 aromatic carbocycles. The lowest BCUT2D eigenvalue weighted by molar-refractivity contribution is -0.384. The summed E-state index contributed by atoms with van der Waals surface area (Å²) in [4.78, 5) is 37.2. The van der Waals surface area contributed by atoms with Crippen molar-refractivity contribution < 1.29 is 32.4 Å². The molecular weight excluding hydrogens is 419 g/mol. The van der Waals surface area contributed by atoms with Gasteiger partial charge in [0, 0.05) is 19.2 Å². The zero-order chi connectivity index (χ0) is 22.7. The molecule has 1 amide bonds. The van der Waals surface area contributed by atoms with Crippen LogP contribution >= 0.6 is 0 Å². The molecular formula is C20H18F3N3O5. The maximum absolute atomic E-state index is 13.7. The number of nitro groups is 1. The number of esters is 1. The van der Waals surface area contributed by atoms with E-state index in [0.29, 0.717) is 24.8 Å². The molecule has 31 heavy (non-hydrogen) atoms. The Labute approximate surface area is 174 Å². The van der Waals surface area contributed by atoms with Gasteiger partial charge in [-0.2, -0.15) is 0 Å². The molecule has 0 saturated carbocycles. The Bertz CT molecular complexity index is 1040. The largest absolute Gasteiger partial charge is 0.449 e. The highest BCUT2D eigenvalue weighted by molar-refractivity contribution is 5.98. The third kappa shape index (κ3) is 4.76. The Balaban J connectivity index is 1.71. The van der Waals surface area contributed by atoms with Crippen molar-refractivity contribution >= 4 is 28.9 Å². The molecule has 0 aliphatic carbocycles. The number of nitrogens with zero attached hydrogens (tertiary/aromatic N) is 2. The number of hydrogen-bond donors (Lipinski definition) is 1. The second-order valence-corrected chi connectivity index (χ2v) is 6.91. The SMILES string of the molecule is CC(OC(=O)c1ccc(N2CCCC2)c([N+](=O)[O-])c1)C(=O)Nc1ccc(F)c(F)c1F. The first-order chi connectivity index (χ1) is 14.7. The first-order valence-electron chi connectivity index (χ1n) is 9.37. The van der Waals surface area contributed by atoms with Crippen LogP contribution in [-0.2, 0) is 9.53 Å². The van der Waals surface area contributed by atoms with Crippen LogP contribution in [0.25, 0.3) is 0 Å². The summed E-state index contributed by atoms with van der Waals surface area (Å²) in [5, 5.41) is 13.4. The number of nitro benzene ring substituents is 1. The van der Waals surface area contributed by atoms with Gasteiger partial charge < -0.3 is 15.0 Å². The lowest BCUT2D eigenvalue weighted by Gasteiger charge is -2.18. The molecule has 1 heterocycles. The van der Waals surface area contributed by atoms with Gasteiger partial charge in [0.2, 0.25) is 0 Å². The van der Waals surface area contributed by atoms with Crippen molar-refractivity contribution in [3.63, 3.8) is 0 Å². The Hall–Kier alpha value is -3.63. The second-order valence-electron chi connectivity index (χ2n) is 6.91. The van der Waals surface area contributed by atoms with E-state index in [0.717, 1.165) is 25.0 Å². The maximum Gasteiger partial charge on any atom is 0.339 e. The first kappa shape index (κ1) is 22.1. The molecule has 0 bridgehead atoms. The van der Waals surface area contributed by atoms with Gasteiger partial charge in [-0.05, 0) is 44.0 Å². The molecule has 3 rings (SSSR count). The number of amides is 1. The lowest BCUT2D eigenvalue weighted by atomic mass is 10.1. The van der Waals surface area contributed by atoms with Gasteiger partial charge in [-0.25, -0.2) is 18.0 Å². The molecule has 1 aliphatic heterocycles. The lowest BCUT2D eigenvalue weighted by Crippen LogP contribution is -2.30. The first-order valence-corrected chi connectivity index (χ1v) is 9.37. The molecule has 1 atom stereocenters. The number of ether oxygens (including phenoxy) is 1. The molecule has 2 aromatic rings. The Morgan fingerprint density at radius 3 is 2.45 bits per heavy atom. The topological polar surface area (TPSA) is 102 Å². The highest BCUT2D eigenvalue weighted by Crippen LogP contribution is 2.32. The van der Waals surface area contributed by atoms with Gasteiger partial charge in [0.1, 0.15) is 5.69 Å². The minimum absolute atomic E-state index is 0.145. The number of hydrogen-bond acceptors (Lipinski definition) is 6. The average molecular weight is 437 g/mol. The summed E-state index contributed by atoms with van der Waals surface area (Å²) in [5.41, 5.74) is -0.651. The molecule has 11 heteroatoms. The normalized spacial score (nSPS) is 14.3. The van der Waals surface area contributed by atoms with Crippen LogP contribution in [0.2, 0.25) is 0 Å². The average Bonchev–Trinajstić information content (AvgIpc) is 3.28. The van der Waals surface area contributed by atoms with E-state index in [1.54, 1.807) is 0 Å². The van der Waals surface area contributed by atoms with Gasteiger partial charge in [-0.15, -0.1) is 0 Å². The smallest absolute Gasteiger partial charge is 0.339 e. The van der Waals surface area contributed by atoms with Crippen LogP contribution in [0.1, 0.15) is 30.1 Å². The van der Waals surface area contributed by atoms with Crippen LogP contribution in [0, 0.1) is 27.6 Å². The number of halogens is 3. The molecule has 0 radical (unpaired) electrons. The minimum atomic E-state index is -1.76. The number of carbonyl (C=O) groups is 2. The van der Waals surface area contributed by atoms with E-state index in [1.165, 1.54) is 19.1 Å². The van der Waals surface area contributed by atoms with E-state index >= 15 is 0 Å². The van der Waals surface area contributed by atoms with Crippen LogP contribution in [0.5, 0.6) is 0 Å². The third-order valence-electron chi connectivity index (χ3n) is 4.80. The van der Waals surface area contributed by atoms with E-state index in [4.69, 9.17) is 4.74 Å². The fourth-order valence-electron chi connectivity index (χ4n) is 3.16. The van der Waals surface area contributed by atoms with Crippen molar-refractivity contribution in [3.8, 4) is 0 Å². The summed E-state index contributed by atoms with van der Waals surface area (Å²) in [5.74, 6) is -6.78. The molecule has 0 spiro atoms. The zero-order valence-electron chi connectivity index (χ0n) is 16.4. The zero-order valence-corrected chi connectivity index (χ0v) is 16.4. The van der Waals surface area contributed by atoms with Crippen molar-refractivity contribution in [3.05, 3.63) is 63.5 Å². The van der Waals surface area contributed by atoms with Gasteiger partial charge >= 0.3 is 5.97 Å². The summed E-state index contributed by atoms with van der Waals surface area (Å²) in [6, 6.07) is 5.31. The quantitative estimate of drug-likeness (QED) is 0.319. The van der Waals surface area contributed by atoms with Crippen LogP contribution in [0.15, 0.2) is 30.3 Å². The molecule has 0 aromatic heterocycles. The van der Waals surface area contributed by atoms with E-state index in [2.05, 4.69) is 0 Å². The van der Waals surface area contributed by atoms with Crippen molar-refractivity contribution in [2.75, 3.05) is 23.3 Å². The van der Waals surface area contributed by atoms with Crippen LogP contribution in [0.4, 0.5) is 30.2 Å². The van der Waals surface area contributed by atoms with Crippen LogP contribution < -0.4 is 10.2 Å². The molecule has 1 saturated heterocycles. The van der Waals surface area contributed by atoms with E-state index in [1.807, 2.05) is 10.2 Å². The monoisotopic (exact) mass is 437 g/mol. The molecule has 1 fully saturated rings. The van der Waals surface area contributed by atoms with Gasteiger partial charge in [0.15, 0.2) is 23.6 Å². The summed E-state index contributed by atoms with van der Waals surface area (Å²) in [7, 11) is 0.